The first-order valence-corrected chi connectivity index (χ1v) is 6.47. The smallest absolute Gasteiger partial charge is 0.243 e. The lowest BCUT2D eigenvalue weighted by molar-refractivity contribution is 0.144. The van der Waals surface area contributed by atoms with Gasteiger partial charge in [0.15, 0.2) is 5.65 Å². The summed E-state index contributed by atoms with van der Waals surface area (Å²) in [5.74, 6) is 0.281. The average molecular weight is 248 g/mol. The van der Waals surface area contributed by atoms with Gasteiger partial charge in [-0.3, -0.25) is 0 Å². The quantitative estimate of drug-likeness (QED) is 0.904. The van der Waals surface area contributed by atoms with Crippen LogP contribution < -0.4 is 5.32 Å². The van der Waals surface area contributed by atoms with Gasteiger partial charge in [-0.05, 0) is 36.8 Å². The van der Waals surface area contributed by atoms with E-state index in [9.17, 15) is 4.39 Å². The number of fused-ring (bicyclic) bond motifs is 1. The van der Waals surface area contributed by atoms with Gasteiger partial charge >= 0.3 is 0 Å². The highest BCUT2D eigenvalue weighted by atomic mass is 19.1. The maximum Gasteiger partial charge on any atom is 0.243 e. The lowest BCUT2D eigenvalue weighted by Gasteiger charge is -2.41. The van der Waals surface area contributed by atoms with Gasteiger partial charge in [-0.25, -0.2) is 8.91 Å². The summed E-state index contributed by atoms with van der Waals surface area (Å²) in [7, 11) is 0. The van der Waals surface area contributed by atoms with Crippen molar-refractivity contribution < 1.29 is 4.39 Å². The van der Waals surface area contributed by atoms with Crippen molar-refractivity contribution in [2.45, 2.75) is 32.6 Å². The van der Waals surface area contributed by atoms with Crippen LogP contribution in [0.15, 0.2) is 18.3 Å². The van der Waals surface area contributed by atoms with Crippen LogP contribution in [0.5, 0.6) is 0 Å². The van der Waals surface area contributed by atoms with Crippen LogP contribution in [0.3, 0.4) is 0 Å². The molecule has 1 aliphatic carbocycles. The second-order valence-corrected chi connectivity index (χ2v) is 5.15. The van der Waals surface area contributed by atoms with Gasteiger partial charge in [0.1, 0.15) is 5.82 Å². The minimum Gasteiger partial charge on any atom is -0.352 e. The maximum atomic E-state index is 13.0. The Bertz CT molecular complexity index is 554. The Kier molecular flexibility index (Phi) is 2.69. The summed E-state index contributed by atoms with van der Waals surface area (Å²) < 4.78 is 14.5. The van der Waals surface area contributed by atoms with Crippen LogP contribution in [0.2, 0.25) is 0 Å². The summed E-state index contributed by atoms with van der Waals surface area (Å²) in [5, 5.41) is 7.51. The molecule has 2 heterocycles. The van der Waals surface area contributed by atoms with Crippen LogP contribution in [0.1, 0.15) is 32.6 Å². The maximum absolute atomic E-state index is 13.0. The van der Waals surface area contributed by atoms with Crippen LogP contribution in [0.25, 0.3) is 5.65 Å². The number of hydrogen-bond acceptors (Lipinski definition) is 3. The summed E-state index contributed by atoms with van der Waals surface area (Å²) in [6.45, 7) is 3.14. The third-order valence-corrected chi connectivity index (χ3v) is 4.08. The highest BCUT2D eigenvalue weighted by Gasteiger charge is 2.34. The molecule has 96 valence electrons. The van der Waals surface area contributed by atoms with Crippen molar-refractivity contribution in [3.05, 3.63) is 24.1 Å². The Hall–Kier alpha value is -1.65. The predicted octanol–water partition coefficient (Wildman–Crippen LogP) is 2.86. The number of aromatic nitrogens is 3. The molecule has 0 bridgehead atoms. The van der Waals surface area contributed by atoms with Gasteiger partial charge in [0, 0.05) is 6.54 Å². The molecule has 1 N–H and O–H groups in total. The molecule has 1 aliphatic rings. The van der Waals surface area contributed by atoms with Crippen LogP contribution in [0.4, 0.5) is 10.3 Å². The molecule has 18 heavy (non-hydrogen) atoms. The zero-order valence-corrected chi connectivity index (χ0v) is 10.5. The molecule has 3 rings (SSSR count). The summed E-state index contributed by atoms with van der Waals surface area (Å²) in [6.07, 6.45) is 6.39. The number of hydrogen-bond donors (Lipinski definition) is 1. The fourth-order valence-corrected chi connectivity index (χ4v) is 2.53. The second-order valence-electron chi connectivity index (χ2n) is 5.15. The van der Waals surface area contributed by atoms with E-state index in [4.69, 9.17) is 0 Å². The van der Waals surface area contributed by atoms with Crippen LogP contribution in [-0.4, -0.2) is 21.1 Å². The van der Waals surface area contributed by atoms with Crippen molar-refractivity contribution in [2.75, 3.05) is 11.9 Å². The first kappa shape index (κ1) is 11.4. The Morgan fingerprint density at radius 3 is 2.94 bits per heavy atom. The third-order valence-electron chi connectivity index (χ3n) is 4.08. The summed E-state index contributed by atoms with van der Waals surface area (Å²) in [6, 6.07) is 3.03. The molecule has 5 heteroatoms. The van der Waals surface area contributed by atoms with E-state index in [1.165, 1.54) is 42.5 Å². The number of nitrogens with zero attached hydrogens (tertiary/aromatic N) is 3. The van der Waals surface area contributed by atoms with Gasteiger partial charge in [-0.15, -0.1) is 5.10 Å². The van der Waals surface area contributed by atoms with E-state index >= 15 is 0 Å². The molecule has 0 aliphatic heterocycles. The van der Waals surface area contributed by atoms with Crippen LogP contribution in [-0.2, 0) is 0 Å². The third kappa shape index (κ3) is 1.94. The average Bonchev–Trinajstić information content (AvgIpc) is 2.70. The highest BCUT2D eigenvalue weighted by Crippen LogP contribution is 2.43. The Labute approximate surface area is 105 Å². The standard InChI is InChI=1S/C13H17FN4/c1-2-13(6-3-7-13)9-15-12-16-11-5-4-10(14)8-18(11)17-12/h4-5,8H,2-3,6-7,9H2,1H3,(H,15,17). The summed E-state index contributed by atoms with van der Waals surface area (Å²) in [4.78, 5) is 4.32. The van der Waals surface area contributed by atoms with Crippen molar-refractivity contribution >= 4 is 11.6 Å². The van der Waals surface area contributed by atoms with Crippen molar-refractivity contribution in [2.24, 2.45) is 5.41 Å². The second kappa shape index (κ2) is 4.23. The van der Waals surface area contributed by atoms with E-state index < -0.39 is 0 Å². The molecule has 4 nitrogen and oxygen atoms in total. The van der Waals surface area contributed by atoms with Gasteiger partial charge in [0.25, 0.3) is 0 Å². The molecule has 1 fully saturated rings. The zero-order chi connectivity index (χ0) is 12.6. The number of rotatable bonds is 4. The monoisotopic (exact) mass is 248 g/mol. The van der Waals surface area contributed by atoms with E-state index in [1.807, 2.05) is 0 Å². The fraction of sp³-hybridized carbons (Fsp3) is 0.538. The van der Waals surface area contributed by atoms with Crippen molar-refractivity contribution in [3.8, 4) is 0 Å². The van der Waals surface area contributed by atoms with E-state index in [0.29, 0.717) is 17.0 Å². The van der Waals surface area contributed by atoms with Gasteiger partial charge in [0.2, 0.25) is 5.95 Å². The summed E-state index contributed by atoms with van der Waals surface area (Å²) in [5.41, 5.74) is 1.08. The number of anilines is 1. The minimum atomic E-state index is -0.303. The molecule has 2 aromatic heterocycles. The largest absolute Gasteiger partial charge is 0.352 e. The molecule has 0 radical (unpaired) electrons. The first-order chi connectivity index (χ1) is 8.71. The zero-order valence-electron chi connectivity index (χ0n) is 10.5. The van der Waals surface area contributed by atoms with E-state index in [0.717, 1.165) is 6.54 Å². The lowest BCUT2D eigenvalue weighted by Crippen LogP contribution is -2.36. The molecule has 0 aromatic carbocycles. The number of halogens is 1. The van der Waals surface area contributed by atoms with Crippen molar-refractivity contribution in [1.82, 2.24) is 14.6 Å². The van der Waals surface area contributed by atoms with Crippen LogP contribution >= 0.6 is 0 Å². The molecule has 1 saturated carbocycles. The SMILES string of the molecule is CCC1(CNc2nc3ccc(F)cn3n2)CCC1. The number of pyridine rings is 1. The number of nitrogens with one attached hydrogen (secondary N) is 1. The van der Waals surface area contributed by atoms with E-state index in [1.54, 1.807) is 6.07 Å². The topological polar surface area (TPSA) is 42.2 Å². The van der Waals surface area contributed by atoms with E-state index in [2.05, 4.69) is 22.3 Å². The normalized spacial score (nSPS) is 17.7. The van der Waals surface area contributed by atoms with Gasteiger partial charge in [0.05, 0.1) is 6.20 Å². The predicted molar refractivity (Wildman–Crippen MR) is 68.0 cm³/mol. The fourth-order valence-electron chi connectivity index (χ4n) is 2.53. The van der Waals surface area contributed by atoms with Crippen molar-refractivity contribution in [1.29, 1.82) is 0 Å². The molecule has 0 spiro atoms. The summed E-state index contributed by atoms with van der Waals surface area (Å²) >= 11 is 0. The van der Waals surface area contributed by atoms with Crippen molar-refractivity contribution in [3.63, 3.8) is 0 Å². The molecule has 0 saturated heterocycles. The Morgan fingerprint density at radius 1 is 1.44 bits per heavy atom. The van der Waals surface area contributed by atoms with Gasteiger partial charge < -0.3 is 5.32 Å². The molecule has 0 amide bonds. The molecular weight excluding hydrogens is 231 g/mol. The van der Waals surface area contributed by atoms with Gasteiger partial charge in [-0.1, -0.05) is 13.3 Å². The van der Waals surface area contributed by atoms with Crippen LogP contribution in [0, 0.1) is 11.2 Å². The molecule has 0 unspecified atom stereocenters. The minimum absolute atomic E-state index is 0.303. The van der Waals surface area contributed by atoms with E-state index in [-0.39, 0.29) is 5.82 Å². The Morgan fingerprint density at radius 2 is 2.28 bits per heavy atom. The molecular formula is C13H17FN4. The highest BCUT2D eigenvalue weighted by molar-refractivity contribution is 5.43. The first-order valence-electron chi connectivity index (χ1n) is 6.47. The molecule has 0 atom stereocenters. The van der Waals surface area contributed by atoms with Gasteiger partial charge in [-0.2, -0.15) is 4.98 Å². The Balaban J connectivity index is 1.74. The lowest BCUT2D eigenvalue weighted by atomic mass is 9.67. The molecule has 2 aromatic rings.